The number of non-ortho nitro benzene ring substituents is 1. The van der Waals surface area contributed by atoms with Crippen molar-refractivity contribution in [3.8, 4) is 0 Å². The van der Waals surface area contributed by atoms with E-state index in [4.69, 9.17) is 4.42 Å². The van der Waals surface area contributed by atoms with Crippen molar-refractivity contribution in [2.45, 2.75) is 18.6 Å². The Morgan fingerprint density at radius 3 is 2.95 bits per heavy atom. The zero-order valence-corrected chi connectivity index (χ0v) is 12.0. The summed E-state index contributed by atoms with van der Waals surface area (Å²) < 4.78 is 16.6. The molecule has 1 aromatic heterocycles. The molecular formula is C12H15N3O4S. The van der Waals surface area contributed by atoms with Gasteiger partial charge in [0.1, 0.15) is 0 Å². The maximum Gasteiger partial charge on any atom is 0.298 e. The van der Waals surface area contributed by atoms with Gasteiger partial charge in [-0.15, -0.1) is 0 Å². The molecule has 0 fully saturated rings. The molecule has 2 rings (SSSR count). The Bertz CT molecular complexity index is 655. The fourth-order valence-corrected chi connectivity index (χ4v) is 2.16. The average molecular weight is 297 g/mol. The van der Waals surface area contributed by atoms with Crippen molar-refractivity contribution in [3.63, 3.8) is 0 Å². The molecule has 0 spiro atoms. The van der Waals surface area contributed by atoms with Crippen LogP contribution in [0.15, 0.2) is 22.6 Å². The van der Waals surface area contributed by atoms with Crippen LogP contribution in [0.5, 0.6) is 0 Å². The van der Waals surface area contributed by atoms with E-state index in [1.807, 2.05) is 6.92 Å². The van der Waals surface area contributed by atoms with Crippen LogP contribution in [-0.4, -0.2) is 32.2 Å². The highest BCUT2D eigenvalue weighted by Gasteiger charge is 2.17. The predicted molar refractivity (Wildman–Crippen MR) is 77.3 cm³/mol. The minimum absolute atomic E-state index is 0.0706. The lowest BCUT2D eigenvalue weighted by atomic mass is 10.3. The van der Waals surface area contributed by atoms with Gasteiger partial charge in [-0.25, -0.2) is 0 Å². The molecule has 1 N–H and O–H groups in total. The number of para-hydroxylation sites is 1. The van der Waals surface area contributed by atoms with Gasteiger partial charge in [-0.3, -0.25) is 14.3 Å². The van der Waals surface area contributed by atoms with Gasteiger partial charge in [-0.2, -0.15) is 4.98 Å². The van der Waals surface area contributed by atoms with Crippen molar-refractivity contribution in [2.24, 2.45) is 0 Å². The van der Waals surface area contributed by atoms with Crippen LogP contribution in [0.1, 0.15) is 13.3 Å². The van der Waals surface area contributed by atoms with Gasteiger partial charge in [0.25, 0.3) is 11.7 Å². The number of anilines is 1. The first kappa shape index (κ1) is 14.4. The van der Waals surface area contributed by atoms with Gasteiger partial charge in [0, 0.05) is 34.9 Å². The third-order valence-electron chi connectivity index (χ3n) is 2.99. The number of nitrogens with zero attached hydrogens (tertiary/aromatic N) is 2. The molecule has 2 aromatic rings. The first-order chi connectivity index (χ1) is 9.49. The Kier molecular flexibility index (Phi) is 4.33. The zero-order valence-electron chi connectivity index (χ0n) is 11.2. The summed E-state index contributed by atoms with van der Waals surface area (Å²) in [7, 11) is -0.873. The number of aromatic nitrogens is 1. The number of hydrogen-bond acceptors (Lipinski definition) is 6. The Morgan fingerprint density at radius 1 is 1.55 bits per heavy atom. The van der Waals surface area contributed by atoms with Gasteiger partial charge in [0.15, 0.2) is 11.1 Å². The van der Waals surface area contributed by atoms with E-state index in [1.165, 1.54) is 6.07 Å². The maximum atomic E-state index is 11.2. The number of nitrogens with one attached hydrogen (secondary N) is 1. The van der Waals surface area contributed by atoms with E-state index in [0.717, 1.165) is 0 Å². The molecule has 108 valence electrons. The molecule has 1 aromatic carbocycles. The Hall–Kier alpha value is -1.96. The molecule has 0 amide bonds. The molecule has 1 heterocycles. The van der Waals surface area contributed by atoms with E-state index in [1.54, 1.807) is 18.4 Å². The highest BCUT2D eigenvalue weighted by Crippen LogP contribution is 2.27. The first-order valence-corrected chi connectivity index (χ1v) is 7.71. The topological polar surface area (TPSA) is 98.3 Å². The predicted octanol–water partition coefficient (Wildman–Crippen LogP) is 2.30. The minimum atomic E-state index is -0.873. The molecule has 2 unspecified atom stereocenters. The molecule has 0 aliphatic heterocycles. The largest absolute Gasteiger partial charge is 0.423 e. The van der Waals surface area contributed by atoms with E-state index in [0.29, 0.717) is 18.5 Å². The van der Waals surface area contributed by atoms with Crippen LogP contribution in [-0.2, 0) is 10.8 Å². The summed E-state index contributed by atoms with van der Waals surface area (Å²) in [6, 6.07) is 4.81. The Morgan fingerprint density at radius 2 is 2.30 bits per heavy atom. The molecule has 0 saturated heterocycles. The fourth-order valence-electron chi connectivity index (χ4n) is 1.71. The monoisotopic (exact) mass is 297 g/mol. The number of nitro benzene ring substituents is 1. The molecule has 7 nitrogen and oxygen atoms in total. The van der Waals surface area contributed by atoms with E-state index < -0.39 is 15.7 Å². The summed E-state index contributed by atoms with van der Waals surface area (Å²) in [6.07, 6.45) is 2.36. The first-order valence-electron chi connectivity index (χ1n) is 6.09. The molecule has 8 heteroatoms. The van der Waals surface area contributed by atoms with Crippen LogP contribution in [0.25, 0.3) is 11.1 Å². The number of fused-ring (bicyclic) bond motifs is 1. The molecule has 0 radical (unpaired) electrons. The smallest absolute Gasteiger partial charge is 0.298 e. The number of benzene rings is 1. The van der Waals surface area contributed by atoms with Gasteiger partial charge in [0.05, 0.1) is 4.92 Å². The molecule has 2 atom stereocenters. The average Bonchev–Trinajstić information content (AvgIpc) is 2.80. The van der Waals surface area contributed by atoms with Crippen LogP contribution >= 0.6 is 0 Å². The second-order valence-electron chi connectivity index (χ2n) is 4.42. The van der Waals surface area contributed by atoms with Crippen molar-refractivity contribution >= 4 is 33.6 Å². The third-order valence-corrected chi connectivity index (χ3v) is 4.36. The second-order valence-corrected chi connectivity index (χ2v) is 6.23. The number of nitro groups is 1. The lowest BCUT2D eigenvalue weighted by Gasteiger charge is -2.07. The van der Waals surface area contributed by atoms with E-state index in [9.17, 15) is 14.3 Å². The SMILES string of the molecule is CC(CCNc1nc2c([N+](=O)[O-])cccc2o1)S(C)=O. The quantitative estimate of drug-likeness (QED) is 0.649. The highest BCUT2D eigenvalue weighted by atomic mass is 32.2. The van der Waals surface area contributed by atoms with Crippen LogP contribution in [0, 0.1) is 10.1 Å². The summed E-state index contributed by atoms with van der Waals surface area (Å²) in [6.45, 7) is 2.44. The van der Waals surface area contributed by atoms with Gasteiger partial charge in [0.2, 0.25) is 0 Å². The van der Waals surface area contributed by atoms with Gasteiger partial charge >= 0.3 is 0 Å². The highest BCUT2D eigenvalue weighted by molar-refractivity contribution is 7.84. The lowest BCUT2D eigenvalue weighted by Crippen LogP contribution is -2.14. The molecule has 0 aliphatic rings. The lowest BCUT2D eigenvalue weighted by molar-refractivity contribution is -0.383. The number of hydrogen-bond donors (Lipinski definition) is 1. The summed E-state index contributed by atoms with van der Waals surface area (Å²) in [5, 5.41) is 13.9. The summed E-state index contributed by atoms with van der Waals surface area (Å²) in [5.74, 6) is 0. The molecule has 20 heavy (non-hydrogen) atoms. The number of rotatable bonds is 6. The molecular weight excluding hydrogens is 282 g/mol. The Labute approximate surface area is 118 Å². The van der Waals surface area contributed by atoms with Crippen molar-refractivity contribution in [3.05, 3.63) is 28.3 Å². The van der Waals surface area contributed by atoms with Crippen molar-refractivity contribution < 1.29 is 13.5 Å². The van der Waals surface area contributed by atoms with E-state index in [-0.39, 0.29) is 22.5 Å². The summed E-state index contributed by atoms with van der Waals surface area (Å²) in [5.41, 5.74) is 0.517. The van der Waals surface area contributed by atoms with E-state index in [2.05, 4.69) is 10.3 Å². The summed E-state index contributed by atoms with van der Waals surface area (Å²) in [4.78, 5) is 14.5. The van der Waals surface area contributed by atoms with Gasteiger partial charge in [-0.1, -0.05) is 13.0 Å². The third kappa shape index (κ3) is 3.13. The molecule has 0 aliphatic carbocycles. The Balaban J connectivity index is 2.10. The van der Waals surface area contributed by atoms with Crippen LogP contribution < -0.4 is 5.32 Å². The normalized spacial score (nSPS) is 14.1. The molecule has 0 bridgehead atoms. The van der Waals surface area contributed by atoms with Crippen LogP contribution in [0.2, 0.25) is 0 Å². The summed E-state index contributed by atoms with van der Waals surface area (Å²) >= 11 is 0. The van der Waals surface area contributed by atoms with Gasteiger partial charge in [-0.05, 0) is 12.5 Å². The zero-order chi connectivity index (χ0) is 14.7. The van der Waals surface area contributed by atoms with Crippen LogP contribution in [0.4, 0.5) is 11.7 Å². The van der Waals surface area contributed by atoms with Crippen molar-refractivity contribution in [1.29, 1.82) is 0 Å². The van der Waals surface area contributed by atoms with Crippen LogP contribution in [0.3, 0.4) is 0 Å². The standard InChI is InChI=1S/C12H15N3O4S/c1-8(20(2)18)6-7-13-12-14-11-9(15(16)17)4-3-5-10(11)19-12/h3-5,8H,6-7H2,1-2H3,(H,13,14). The maximum absolute atomic E-state index is 11.2. The fraction of sp³-hybridized carbons (Fsp3) is 0.417. The molecule has 0 saturated carbocycles. The van der Waals surface area contributed by atoms with E-state index >= 15 is 0 Å². The van der Waals surface area contributed by atoms with Crippen molar-refractivity contribution in [1.82, 2.24) is 4.98 Å². The number of oxazole rings is 1. The van der Waals surface area contributed by atoms with Crippen molar-refractivity contribution in [2.75, 3.05) is 18.1 Å². The second kappa shape index (κ2) is 6.00. The van der Waals surface area contributed by atoms with Gasteiger partial charge < -0.3 is 9.73 Å². The minimum Gasteiger partial charge on any atom is -0.423 e.